The van der Waals surface area contributed by atoms with E-state index in [9.17, 15) is 4.79 Å². The second-order valence-corrected chi connectivity index (χ2v) is 5.76. The molecule has 0 bridgehead atoms. The van der Waals surface area contributed by atoms with Gasteiger partial charge in [0, 0.05) is 6.04 Å². The van der Waals surface area contributed by atoms with Crippen molar-refractivity contribution in [1.29, 1.82) is 0 Å². The van der Waals surface area contributed by atoms with Gasteiger partial charge in [-0.15, -0.1) is 11.3 Å². The van der Waals surface area contributed by atoms with Crippen molar-refractivity contribution in [2.45, 2.75) is 33.2 Å². The normalized spacial score (nSPS) is 12.2. The lowest BCUT2D eigenvalue weighted by molar-refractivity contribution is 0.0935. The topological polar surface area (TPSA) is 42.0 Å². The third-order valence-corrected chi connectivity index (χ3v) is 3.99. The Bertz CT molecular complexity index is 563. The molecule has 0 spiro atoms. The van der Waals surface area contributed by atoms with Crippen molar-refractivity contribution in [3.05, 3.63) is 41.0 Å². The summed E-state index contributed by atoms with van der Waals surface area (Å²) in [6.45, 7) is 5.98. The van der Waals surface area contributed by atoms with Gasteiger partial charge in [-0.05, 0) is 25.8 Å². The molecule has 1 N–H and O–H groups in total. The Morgan fingerprint density at radius 2 is 2.05 bits per heavy atom. The lowest BCUT2D eigenvalue weighted by Crippen LogP contribution is -2.32. The Kier molecular flexibility index (Phi) is 4.32. The highest BCUT2D eigenvalue weighted by Gasteiger charge is 2.18. The Morgan fingerprint density at radius 1 is 1.37 bits per heavy atom. The maximum absolute atomic E-state index is 12.3. The summed E-state index contributed by atoms with van der Waals surface area (Å²) in [6, 6.07) is 10.1. The Morgan fingerprint density at radius 3 is 2.68 bits per heavy atom. The number of rotatable bonds is 4. The maximum atomic E-state index is 12.3. The molecule has 0 radical (unpaired) electrons. The van der Waals surface area contributed by atoms with E-state index in [0.717, 1.165) is 21.9 Å². The zero-order chi connectivity index (χ0) is 13.8. The van der Waals surface area contributed by atoms with E-state index in [1.54, 1.807) is 11.3 Å². The van der Waals surface area contributed by atoms with Crippen LogP contribution in [-0.2, 0) is 0 Å². The molecule has 1 unspecified atom stereocenters. The molecule has 1 atom stereocenters. The average Bonchev–Trinajstić information content (AvgIpc) is 2.82. The van der Waals surface area contributed by atoms with Gasteiger partial charge in [0.2, 0.25) is 0 Å². The highest BCUT2D eigenvalue weighted by atomic mass is 32.1. The van der Waals surface area contributed by atoms with Crippen LogP contribution in [0.1, 0.15) is 35.8 Å². The molecule has 1 heterocycles. The van der Waals surface area contributed by atoms with Crippen molar-refractivity contribution in [2.24, 2.45) is 0 Å². The van der Waals surface area contributed by atoms with E-state index in [0.29, 0.717) is 5.69 Å². The highest BCUT2D eigenvalue weighted by Crippen LogP contribution is 2.29. The van der Waals surface area contributed by atoms with E-state index >= 15 is 0 Å². The van der Waals surface area contributed by atoms with Crippen molar-refractivity contribution in [3.63, 3.8) is 0 Å². The predicted octanol–water partition coefficient (Wildman–Crippen LogP) is 3.65. The Hall–Kier alpha value is -1.68. The van der Waals surface area contributed by atoms with Gasteiger partial charge in [-0.25, -0.2) is 4.98 Å². The molecule has 100 valence electrons. The maximum Gasteiger partial charge on any atom is 0.271 e. The number of carbonyl (C=O) groups is 1. The molecule has 0 saturated heterocycles. The summed E-state index contributed by atoms with van der Waals surface area (Å²) in [6.07, 6.45) is 0.912. The number of amides is 1. The number of benzene rings is 1. The second-order valence-electron chi connectivity index (χ2n) is 4.56. The zero-order valence-electron chi connectivity index (χ0n) is 11.4. The Balaban J connectivity index is 2.34. The van der Waals surface area contributed by atoms with Crippen LogP contribution in [0.25, 0.3) is 10.4 Å². The van der Waals surface area contributed by atoms with Crippen LogP contribution >= 0.6 is 11.3 Å². The number of hydrogen-bond acceptors (Lipinski definition) is 3. The van der Waals surface area contributed by atoms with Gasteiger partial charge in [-0.2, -0.15) is 0 Å². The molecule has 0 saturated carbocycles. The molecule has 2 rings (SSSR count). The van der Waals surface area contributed by atoms with Gasteiger partial charge in [-0.1, -0.05) is 37.3 Å². The van der Waals surface area contributed by atoms with E-state index in [1.807, 2.05) is 44.2 Å². The standard InChI is InChI=1S/C15H18N2OS/c1-4-10(2)16-15(18)13-14(19-11(3)17-13)12-8-6-5-7-9-12/h5-10H,4H2,1-3H3,(H,16,18). The summed E-state index contributed by atoms with van der Waals surface area (Å²) in [5.74, 6) is -0.0856. The summed E-state index contributed by atoms with van der Waals surface area (Å²) in [4.78, 5) is 17.6. The number of aryl methyl sites for hydroxylation is 1. The lowest BCUT2D eigenvalue weighted by Gasteiger charge is -2.10. The lowest BCUT2D eigenvalue weighted by atomic mass is 10.1. The van der Waals surface area contributed by atoms with Crippen LogP contribution in [0, 0.1) is 6.92 Å². The fourth-order valence-corrected chi connectivity index (χ4v) is 2.68. The summed E-state index contributed by atoms with van der Waals surface area (Å²) in [5, 5.41) is 3.88. The number of nitrogens with one attached hydrogen (secondary N) is 1. The molecule has 19 heavy (non-hydrogen) atoms. The minimum absolute atomic E-state index is 0.0856. The smallest absolute Gasteiger partial charge is 0.271 e. The molecular formula is C15H18N2OS. The van der Waals surface area contributed by atoms with Gasteiger partial charge in [0.1, 0.15) is 5.69 Å². The SMILES string of the molecule is CCC(C)NC(=O)c1nc(C)sc1-c1ccccc1. The molecular weight excluding hydrogens is 256 g/mol. The van der Waals surface area contributed by atoms with Gasteiger partial charge in [-0.3, -0.25) is 4.79 Å². The second kappa shape index (κ2) is 5.97. The number of aromatic nitrogens is 1. The number of carbonyl (C=O) groups excluding carboxylic acids is 1. The minimum atomic E-state index is -0.0856. The van der Waals surface area contributed by atoms with Gasteiger partial charge >= 0.3 is 0 Å². The van der Waals surface area contributed by atoms with Gasteiger partial charge in [0.05, 0.1) is 9.88 Å². The first-order valence-electron chi connectivity index (χ1n) is 6.45. The fourth-order valence-electron chi connectivity index (χ4n) is 1.76. The van der Waals surface area contributed by atoms with E-state index in [2.05, 4.69) is 17.2 Å². The molecule has 1 amide bonds. The van der Waals surface area contributed by atoms with Gasteiger partial charge in [0.15, 0.2) is 0 Å². The molecule has 3 nitrogen and oxygen atoms in total. The highest BCUT2D eigenvalue weighted by molar-refractivity contribution is 7.15. The summed E-state index contributed by atoms with van der Waals surface area (Å²) >= 11 is 1.56. The van der Waals surface area contributed by atoms with Crippen molar-refractivity contribution in [3.8, 4) is 10.4 Å². The van der Waals surface area contributed by atoms with Crippen molar-refractivity contribution < 1.29 is 4.79 Å². The summed E-state index contributed by atoms with van der Waals surface area (Å²) in [7, 11) is 0. The van der Waals surface area contributed by atoms with E-state index < -0.39 is 0 Å². The monoisotopic (exact) mass is 274 g/mol. The summed E-state index contributed by atoms with van der Waals surface area (Å²) in [5.41, 5.74) is 1.58. The first-order chi connectivity index (χ1) is 9.11. The van der Waals surface area contributed by atoms with Crippen LogP contribution in [0.4, 0.5) is 0 Å². The molecule has 0 aliphatic heterocycles. The molecule has 2 aromatic rings. The van der Waals surface area contributed by atoms with Crippen LogP contribution < -0.4 is 5.32 Å². The van der Waals surface area contributed by atoms with E-state index in [4.69, 9.17) is 0 Å². The number of thiazole rings is 1. The van der Waals surface area contributed by atoms with Crippen molar-refractivity contribution in [1.82, 2.24) is 10.3 Å². The number of hydrogen-bond donors (Lipinski definition) is 1. The van der Waals surface area contributed by atoms with Crippen LogP contribution in [0.2, 0.25) is 0 Å². The van der Waals surface area contributed by atoms with Crippen molar-refractivity contribution >= 4 is 17.2 Å². The first-order valence-corrected chi connectivity index (χ1v) is 7.27. The first kappa shape index (κ1) is 13.7. The average molecular weight is 274 g/mol. The molecule has 1 aromatic heterocycles. The van der Waals surface area contributed by atoms with Crippen LogP contribution in [-0.4, -0.2) is 16.9 Å². The van der Waals surface area contributed by atoms with Crippen LogP contribution in [0.3, 0.4) is 0 Å². The van der Waals surface area contributed by atoms with Crippen LogP contribution in [0.15, 0.2) is 30.3 Å². The zero-order valence-corrected chi connectivity index (χ0v) is 12.3. The van der Waals surface area contributed by atoms with Gasteiger partial charge < -0.3 is 5.32 Å². The third kappa shape index (κ3) is 3.20. The quantitative estimate of drug-likeness (QED) is 0.924. The molecule has 0 aliphatic carbocycles. The van der Waals surface area contributed by atoms with Gasteiger partial charge in [0.25, 0.3) is 5.91 Å². The van der Waals surface area contributed by atoms with Crippen molar-refractivity contribution in [2.75, 3.05) is 0 Å². The Labute approximate surface area is 117 Å². The van der Waals surface area contributed by atoms with E-state index in [-0.39, 0.29) is 11.9 Å². The molecule has 0 fully saturated rings. The molecule has 4 heteroatoms. The molecule has 0 aliphatic rings. The summed E-state index contributed by atoms with van der Waals surface area (Å²) < 4.78 is 0. The molecule has 1 aromatic carbocycles. The third-order valence-electron chi connectivity index (χ3n) is 2.98. The number of nitrogens with zero attached hydrogens (tertiary/aromatic N) is 1. The fraction of sp³-hybridized carbons (Fsp3) is 0.333. The predicted molar refractivity (Wildman–Crippen MR) is 79.5 cm³/mol. The van der Waals surface area contributed by atoms with E-state index in [1.165, 1.54) is 0 Å². The van der Waals surface area contributed by atoms with Crippen LogP contribution in [0.5, 0.6) is 0 Å². The minimum Gasteiger partial charge on any atom is -0.348 e. The largest absolute Gasteiger partial charge is 0.348 e.